The van der Waals surface area contributed by atoms with Gasteiger partial charge in [0, 0.05) is 51.1 Å². The minimum absolute atomic E-state index is 0.0839. The number of amides is 1. The van der Waals surface area contributed by atoms with E-state index in [0.29, 0.717) is 24.4 Å². The van der Waals surface area contributed by atoms with Crippen LogP contribution in [0.1, 0.15) is 39.0 Å². The molecule has 25 heavy (non-hydrogen) atoms. The molecule has 3 heterocycles. The first-order chi connectivity index (χ1) is 12.0. The van der Waals surface area contributed by atoms with Crippen LogP contribution in [0.4, 0.5) is 5.82 Å². The number of anilines is 1. The van der Waals surface area contributed by atoms with Crippen molar-refractivity contribution in [2.75, 3.05) is 32.1 Å². The molecule has 0 bridgehead atoms. The smallest absolute Gasteiger partial charge is 0.359 e. The summed E-state index contributed by atoms with van der Waals surface area (Å²) in [5, 5.41) is 7.03. The highest BCUT2D eigenvalue weighted by Gasteiger charge is 2.26. The summed E-state index contributed by atoms with van der Waals surface area (Å²) in [5.41, 5.74) is 2.68. The van der Waals surface area contributed by atoms with E-state index < -0.39 is 5.97 Å². The third kappa shape index (κ3) is 3.33. The van der Waals surface area contributed by atoms with Crippen molar-refractivity contribution in [3.05, 3.63) is 40.8 Å². The Bertz CT molecular complexity index is 782. The van der Waals surface area contributed by atoms with Crippen LogP contribution < -0.4 is 4.90 Å². The van der Waals surface area contributed by atoms with Gasteiger partial charge in [0.25, 0.3) is 5.91 Å². The number of nitrogens with zero attached hydrogens (tertiary/aromatic N) is 4. The largest absolute Gasteiger partial charge is 0.461 e. The van der Waals surface area contributed by atoms with Crippen molar-refractivity contribution in [2.24, 2.45) is 0 Å². The molecule has 1 amide bonds. The highest BCUT2D eigenvalue weighted by atomic mass is 16.5. The fourth-order valence-electron chi connectivity index (χ4n) is 2.82. The first-order valence-electron chi connectivity index (χ1n) is 8.17. The molecule has 3 rings (SSSR count). The molecule has 0 aromatic carbocycles. The lowest BCUT2D eigenvalue weighted by Gasteiger charge is -2.28. The van der Waals surface area contributed by atoms with Crippen molar-refractivity contribution >= 4 is 17.7 Å². The van der Waals surface area contributed by atoms with Gasteiger partial charge in [0.1, 0.15) is 5.82 Å². The summed E-state index contributed by atoms with van der Waals surface area (Å²) in [6, 6.07) is 3.59. The third-order valence-electron chi connectivity index (χ3n) is 4.13. The van der Waals surface area contributed by atoms with Crippen molar-refractivity contribution in [3.8, 4) is 0 Å². The SMILES string of the molecule is CCOC(=O)c1n[nH]c2c1CN(c1ccc(C(=O)N(C)C)cn1)CC2. The van der Waals surface area contributed by atoms with Crippen molar-refractivity contribution in [1.82, 2.24) is 20.1 Å². The highest BCUT2D eigenvalue weighted by molar-refractivity contribution is 5.93. The minimum atomic E-state index is -0.415. The van der Waals surface area contributed by atoms with Crippen LogP contribution in [0.3, 0.4) is 0 Å². The number of nitrogens with one attached hydrogen (secondary N) is 1. The summed E-state index contributed by atoms with van der Waals surface area (Å²) in [5.74, 6) is 0.262. The predicted octanol–water partition coefficient (Wildman–Crippen LogP) is 1.25. The second kappa shape index (κ2) is 6.92. The van der Waals surface area contributed by atoms with Crippen LogP contribution in [0.5, 0.6) is 0 Å². The summed E-state index contributed by atoms with van der Waals surface area (Å²) in [4.78, 5) is 32.0. The van der Waals surface area contributed by atoms with Gasteiger partial charge in [-0.1, -0.05) is 0 Å². The van der Waals surface area contributed by atoms with Gasteiger partial charge in [-0.25, -0.2) is 9.78 Å². The lowest BCUT2D eigenvalue weighted by atomic mass is 10.1. The second-order valence-electron chi connectivity index (χ2n) is 6.03. The Hall–Kier alpha value is -2.90. The van der Waals surface area contributed by atoms with Crippen LogP contribution in [0.2, 0.25) is 0 Å². The normalized spacial score (nSPS) is 13.3. The molecule has 0 saturated carbocycles. The van der Waals surface area contributed by atoms with Crippen LogP contribution in [0.15, 0.2) is 18.3 Å². The van der Waals surface area contributed by atoms with Crippen LogP contribution in [-0.4, -0.2) is 59.2 Å². The number of hydrogen-bond acceptors (Lipinski definition) is 6. The lowest BCUT2D eigenvalue weighted by Crippen LogP contribution is -2.31. The van der Waals surface area contributed by atoms with Crippen molar-refractivity contribution in [1.29, 1.82) is 0 Å². The van der Waals surface area contributed by atoms with E-state index in [2.05, 4.69) is 20.1 Å². The van der Waals surface area contributed by atoms with Gasteiger partial charge in [-0.2, -0.15) is 5.10 Å². The number of H-pyrrole nitrogens is 1. The Balaban J connectivity index is 1.79. The molecule has 8 nitrogen and oxygen atoms in total. The molecule has 0 unspecified atom stereocenters. The Morgan fingerprint density at radius 1 is 1.36 bits per heavy atom. The fourth-order valence-corrected chi connectivity index (χ4v) is 2.82. The molecule has 132 valence electrons. The van der Waals surface area contributed by atoms with Crippen LogP contribution in [0.25, 0.3) is 0 Å². The van der Waals surface area contributed by atoms with Gasteiger partial charge in [-0.05, 0) is 19.1 Å². The average Bonchev–Trinajstić information content (AvgIpc) is 3.04. The van der Waals surface area contributed by atoms with Gasteiger partial charge in [-0.3, -0.25) is 9.89 Å². The maximum absolute atomic E-state index is 12.0. The molecule has 0 saturated heterocycles. The number of hydrogen-bond donors (Lipinski definition) is 1. The molecule has 8 heteroatoms. The minimum Gasteiger partial charge on any atom is -0.461 e. The van der Waals surface area contributed by atoms with Gasteiger partial charge in [-0.15, -0.1) is 0 Å². The number of aromatic nitrogens is 3. The summed E-state index contributed by atoms with van der Waals surface area (Å²) >= 11 is 0. The Labute approximate surface area is 145 Å². The molecule has 1 aliphatic heterocycles. The highest BCUT2D eigenvalue weighted by Crippen LogP contribution is 2.24. The number of rotatable bonds is 4. The average molecular weight is 343 g/mol. The summed E-state index contributed by atoms with van der Waals surface area (Å²) in [6.07, 6.45) is 2.32. The van der Waals surface area contributed by atoms with E-state index in [0.717, 1.165) is 30.0 Å². The summed E-state index contributed by atoms with van der Waals surface area (Å²) in [7, 11) is 3.41. The van der Waals surface area contributed by atoms with E-state index in [1.165, 1.54) is 4.90 Å². The number of fused-ring (bicyclic) bond motifs is 1. The predicted molar refractivity (Wildman–Crippen MR) is 91.6 cm³/mol. The quantitative estimate of drug-likeness (QED) is 0.840. The van der Waals surface area contributed by atoms with Crippen molar-refractivity contribution < 1.29 is 14.3 Å². The van der Waals surface area contributed by atoms with Gasteiger partial charge in [0.2, 0.25) is 0 Å². The van der Waals surface area contributed by atoms with Gasteiger partial charge >= 0.3 is 5.97 Å². The maximum atomic E-state index is 12.0. The molecule has 0 radical (unpaired) electrons. The number of aromatic amines is 1. The fraction of sp³-hybridized carbons (Fsp3) is 0.412. The molecular formula is C17H21N5O3. The summed E-state index contributed by atoms with van der Waals surface area (Å²) in [6.45, 7) is 3.36. The molecule has 2 aromatic rings. The van der Waals surface area contributed by atoms with E-state index in [1.807, 2.05) is 6.07 Å². The first kappa shape index (κ1) is 16.9. The Kier molecular flexibility index (Phi) is 4.69. The molecule has 0 atom stereocenters. The number of ether oxygens (including phenoxy) is 1. The van der Waals surface area contributed by atoms with Gasteiger partial charge in [0.05, 0.1) is 12.2 Å². The number of esters is 1. The maximum Gasteiger partial charge on any atom is 0.359 e. The topological polar surface area (TPSA) is 91.4 Å². The molecule has 1 aliphatic rings. The standard InChI is InChI=1S/C17H21N5O3/c1-4-25-17(24)15-12-10-22(8-7-13(12)19-20-15)14-6-5-11(9-18-14)16(23)21(2)3/h5-6,9H,4,7-8,10H2,1-3H3,(H,19,20). The van der Waals surface area contributed by atoms with E-state index in [9.17, 15) is 9.59 Å². The number of carbonyl (C=O) groups excluding carboxylic acids is 2. The van der Waals surface area contributed by atoms with E-state index in [1.54, 1.807) is 33.3 Å². The molecule has 2 aromatic heterocycles. The zero-order chi connectivity index (χ0) is 18.0. The third-order valence-corrected chi connectivity index (χ3v) is 4.13. The zero-order valence-corrected chi connectivity index (χ0v) is 14.6. The van der Waals surface area contributed by atoms with Gasteiger partial charge < -0.3 is 14.5 Å². The van der Waals surface area contributed by atoms with E-state index in [-0.39, 0.29) is 5.91 Å². The first-order valence-corrected chi connectivity index (χ1v) is 8.17. The molecular weight excluding hydrogens is 322 g/mol. The van der Waals surface area contributed by atoms with Crippen molar-refractivity contribution in [2.45, 2.75) is 19.9 Å². The van der Waals surface area contributed by atoms with E-state index in [4.69, 9.17) is 4.74 Å². The Morgan fingerprint density at radius 3 is 2.80 bits per heavy atom. The molecule has 0 fully saturated rings. The second-order valence-corrected chi connectivity index (χ2v) is 6.03. The number of pyridine rings is 1. The Morgan fingerprint density at radius 2 is 2.16 bits per heavy atom. The molecule has 1 N–H and O–H groups in total. The number of carbonyl (C=O) groups is 2. The molecule has 0 spiro atoms. The van der Waals surface area contributed by atoms with Gasteiger partial charge in [0.15, 0.2) is 5.69 Å². The lowest BCUT2D eigenvalue weighted by molar-refractivity contribution is 0.0518. The van der Waals surface area contributed by atoms with Crippen molar-refractivity contribution in [3.63, 3.8) is 0 Å². The summed E-state index contributed by atoms with van der Waals surface area (Å²) < 4.78 is 5.06. The van der Waals surface area contributed by atoms with Crippen LogP contribution >= 0.6 is 0 Å². The zero-order valence-electron chi connectivity index (χ0n) is 14.6. The van der Waals surface area contributed by atoms with E-state index >= 15 is 0 Å². The molecule has 0 aliphatic carbocycles. The van der Waals surface area contributed by atoms with Crippen LogP contribution in [-0.2, 0) is 17.7 Å². The van der Waals surface area contributed by atoms with Crippen LogP contribution in [0, 0.1) is 0 Å². The monoisotopic (exact) mass is 343 g/mol.